The molecule has 7 nitrogen and oxygen atoms in total. The zero-order valence-corrected chi connectivity index (χ0v) is 20.4. The summed E-state index contributed by atoms with van der Waals surface area (Å²) >= 11 is 0. The Morgan fingerprint density at radius 2 is 2.06 bits per heavy atom. The summed E-state index contributed by atoms with van der Waals surface area (Å²) in [4.78, 5) is 16.7. The molecular formula is C25H32F3N6O+. The highest BCUT2D eigenvalue weighted by atomic mass is 19.3. The maximum absolute atomic E-state index is 15.4. The number of nitrogens with zero attached hydrogens (tertiary/aromatic N) is 3. The van der Waals surface area contributed by atoms with Gasteiger partial charge in [0.25, 0.3) is 17.6 Å². The number of hydrogen-bond donors (Lipinski definition) is 3. The van der Waals surface area contributed by atoms with Crippen LogP contribution in [0.15, 0.2) is 36.5 Å². The zero-order valence-electron chi connectivity index (χ0n) is 20.4. The number of hydrogen-bond acceptors (Lipinski definition) is 4. The average molecular weight is 490 g/mol. The lowest BCUT2D eigenvalue weighted by atomic mass is 9.85. The lowest BCUT2D eigenvalue weighted by molar-refractivity contribution is -0.0862. The first-order chi connectivity index (χ1) is 16.5. The Labute approximate surface area is 202 Å². The van der Waals surface area contributed by atoms with Gasteiger partial charge in [-0.25, -0.2) is 8.78 Å². The monoisotopic (exact) mass is 489 g/mol. The van der Waals surface area contributed by atoms with Crippen LogP contribution >= 0.6 is 0 Å². The Hall–Kier alpha value is -3.11. The molecule has 0 bridgehead atoms. The highest BCUT2D eigenvalue weighted by Crippen LogP contribution is 2.40. The van der Waals surface area contributed by atoms with Crippen molar-refractivity contribution >= 4 is 34.1 Å². The van der Waals surface area contributed by atoms with E-state index in [0.717, 1.165) is 23.5 Å². The summed E-state index contributed by atoms with van der Waals surface area (Å²) in [5.74, 6) is -4.50. The van der Waals surface area contributed by atoms with Crippen molar-refractivity contribution in [2.45, 2.75) is 50.7 Å². The molecular weight excluding hydrogens is 457 g/mol. The molecule has 2 atom stereocenters. The number of quaternary nitrogens is 1. The average Bonchev–Trinajstić information content (AvgIpc) is 3.23. The van der Waals surface area contributed by atoms with E-state index in [1.54, 1.807) is 14.1 Å². The van der Waals surface area contributed by atoms with Crippen LogP contribution < -0.4 is 20.9 Å². The van der Waals surface area contributed by atoms with Gasteiger partial charge in [-0.2, -0.15) is 9.37 Å². The first kappa shape index (κ1) is 25.0. The number of aromatic nitrogens is 2. The van der Waals surface area contributed by atoms with Gasteiger partial charge in [-0.05, 0) is 44.7 Å². The second-order valence-corrected chi connectivity index (χ2v) is 9.55. The van der Waals surface area contributed by atoms with Gasteiger partial charge < -0.3 is 20.9 Å². The number of benzene rings is 1. The first-order valence-corrected chi connectivity index (χ1v) is 11.8. The number of carbonyl (C=O) groups excluding carboxylic acids is 1. The summed E-state index contributed by atoms with van der Waals surface area (Å²) in [7, 11) is 4.82. The number of nitrogens with two attached hydrogens (primary N) is 1. The minimum atomic E-state index is -2.93. The third-order valence-electron chi connectivity index (χ3n) is 7.17. The van der Waals surface area contributed by atoms with E-state index >= 15 is 4.39 Å². The maximum Gasteiger partial charge on any atom is 0.268 e. The maximum atomic E-state index is 15.4. The Bertz CT molecular complexity index is 1260. The summed E-state index contributed by atoms with van der Waals surface area (Å²) in [5.41, 5.74) is 7.09. The highest BCUT2D eigenvalue weighted by molar-refractivity contribution is 6.01. The largest absolute Gasteiger partial charge is 0.365 e. The molecule has 1 aromatic carbocycles. The second-order valence-electron chi connectivity index (χ2n) is 9.55. The van der Waals surface area contributed by atoms with Crippen LogP contribution in [0.2, 0.25) is 0 Å². The van der Waals surface area contributed by atoms with Crippen molar-refractivity contribution in [3.8, 4) is 0 Å². The number of carbonyl (C=O) groups is 1. The first-order valence-electron chi connectivity index (χ1n) is 11.8. The molecule has 1 saturated carbocycles. The van der Waals surface area contributed by atoms with Gasteiger partial charge in [-0.3, -0.25) is 9.28 Å². The standard InChI is InChI=1S/C25H31F3N6O/c1-5-33-13-11-15-18(8-6-9-19(15)33)31-23-16(22(29)35)14-17(26)24(32-23)34(3,4)20-10-7-12-25(27,28)21(20)30-2/h6,8-9,11,13-14,20-21,30H,5,7,10,12H2,1-4H3,(H2-,29,31,32,35)/p+1. The molecule has 10 heteroatoms. The van der Waals surface area contributed by atoms with Crippen molar-refractivity contribution in [1.29, 1.82) is 0 Å². The van der Waals surface area contributed by atoms with Crippen molar-refractivity contribution < 1.29 is 18.0 Å². The quantitative estimate of drug-likeness (QED) is 0.430. The molecule has 4 rings (SSSR count). The molecule has 3 aromatic rings. The van der Waals surface area contributed by atoms with Gasteiger partial charge in [0.1, 0.15) is 17.9 Å². The Kier molecular flexibility index (Phi) is 6.54. The number of amides is 1. The Balaban J connectivity index is 1.81. The lowest BCUT2D eigenvalue weighted by Gasteiger charge is -2.45. The molecule has 1 amide bonds. The predicted molar refractivity (Wildman–Crippen MR) is 133 cm³/mol. The van der Waals surface area contributed by atoms with Crippen LogP contribution in [0.25, 0.3) is 10.9 Å². The lowest BCUT2D eigenvalue weighted by Crippen LogP contribution is -2.66. The fourth-order valence-electron chi connectivity index (χ4n) is 5.31. The van der Waals surface area contributed by atoms with Crippen molar-refractivity contribution in [2.24, 2.45) is 5.73 Å². The third kappa shape index (κ3) is 4.36. The molecule has 1 aliphatic carbocycles. The fourth-order valence-corrected chi connectivity index (χ4v) is 5.31. The van der Waals surface area contributed by atoms with Crippen molar-refractivity contribution in [1.82, 2.24) is 19.4 Å². The van der Waals surface area contributed by atoms with E-state index in [9.17, 15) is 13.6 Å². The summed E-state index contributed by atoms with van der Waals surface area (Å²) in [6.07, 6.45) is 2.52. The number of anilines is 2. The number of nitrogens with one attached hydrogen (secondary N) is 2. The van der Waals surface area contributed by atoms with E-state index in [2.05, 4.69) is 20.2 Å². The molecule has 4 N–H and O–H groups in total. The normalized spacial score (nSPS) is 20.2. The van der Waals surface area contributed by atoms with Crippen LogP contribution in [0.4, 0.5) is 30.5 Å². The van der Waals surface area contributed by atoms with Gasteiger partial charge in [0, 0.05) is 36.7 Å². The highest BCUT2D eigenvalue weighted by Gasteiger charge is 2.53. The van der Waals surface area contributed by atoms with Crippen LogP contribution in [-0.4, -0.2) is 54.6 Å². The van der Waals surface area contributed by atoms with Crippen molar-refractivity contribution in [2.75, 3.05) is 26.5 Å². The van der Waals surface area contributed by atoms with Crippen LogP contribution in [0.5, 0.6) is 0 Å². The summed E-state index contributed by atoms with van der Waals surface area (Å²) in [5, 5.41) is 6.79. The summed E-state index contributed by atoms with van der Waals surface area (Å²) < 4.78 is 46.7. The fraction of sp³-hybridized carbons (Fsp3) is 0.440. The molecule has 1 fully saturated rings. The van der Waals surface area contributed by atoms with E-state index < -0.39 is 29.7 Å². The van der Waals surface area contributed by atoms with Crippen LogP contribution in [0.3, 0.4) is 0 Å². The number of pyridine rings is 1. The number of rotatable bonds is 7. The van der Waals surface area contributed by atoms with Gasteiger partial charge in [-0.15, -0.1) is 0 Å². The zero-order chi connectivity index (χ0) is 25.5. The predicted octanol–water partition coefficient (Wildman–Crippen LogP) is 4.38. The van der Waals surface area contributed by atoms with Gasteiger partial charge in [-0.1, -0.05) is 6.07 Å². The smallest absolute Gasteiger partial charge is 0.268 e. The molecule has 0 spiro atoms. The second kappa shape index (κ2) is 9.16. The van der Waals surface area contributed by atoms with Crippen LogP contribution in [0, 0.1) is 5.82 Å². The van der Waals surface area contributed by atoms with Crippen LogP contribution in [-0.2, 0) is 6.54 Å². The third-order valence-corrected chi connectivity index (χ3v) is 7.17. The van der Waals surface area contributed by atoms with Gasteiger partial charge in [0.15, 0.2) is 0 Å². The minimum Gasteiger partial charge on any atom is -0.365 e. The molecule has 35 heavy (non-hydrogen) atoms. The topological polar surface area (TPSA) is 85.0 Å². The summed E-state index contributed by atoms with van der Waals surface area (Å²) in [6, 6.07) is 6.87. The molecule has 2 heterocycles. The Morgan fingerprint density at radius 3 is 2.71 bits per heavy atom. The molecule has 2 aromatic heterocycles. The number of alkyl halides is 2. The number of halogens is 3. The number of aryl methyl sites for hydroxylation is 1. The number of fused-ring (bicyclic) bond motifs is 1. The van der Waals surface area contributed by atoms with Gasteiger partial charge >= 0.3 is 0 Å². The Morgan fingerprint density at radius 1 is 1.31 bits per heavy atom. The van der Waals surface area contributed by atoms with Gasteiger partial charge in [0.05, 0.1) is 25.2 Å². The van der Waals surface area contributed by atoms with Crippen molar-refractivity contribution in [3.63, 3.8) is 0 Å². The van der Waals surface area contributed by atoms with Crippen molar-refractivity contribution in [3.05, 3.63) is 47.9 Å². The summed E-state index contributed by atoms with van der Waals surface area (Å²) in [6.45, 7) is 2.81. The molecule has 188 valence electrons. The molecule has 1 aliphatic rings. The van der Waals surface area contributed by atoms with E-state index in [1.807, 2.05) is 37.4 Å². The van der Waals surface area contributed by atoms with E-state index in [4.69, 9.17) is 5.73 Å². The number of likely N-dealkylation sites (N-methyl/N-ethyl adjacent to an activating group) is 2. The van der Waals surface area contributed by atoms with E-state index in [0.29, 0.717) is 18.5 Å². The molecule has 0 saturated heterocycles. The SMILES string of the molecule is CCn1ccc2c(Nc3nc([N+](C)(C)C4CCCC(F)(F)C4NC)c(F)cc3C(N)=O)cccc21. The molecule has 0 radical (unpaired) electrons. The molecule has 0 aliphatic heterocycles. The van der Waals surface area contributed by atoms with Crippen LogP contribution in [0.1, 0.15) is 36.5 Å². The van der Waals surface area contributed by atoms with E-state index in [-0.39, 0.29) is 28.1 Å². The van der Waals surface area contributed by atoms with E-state index in [1.165, 1.54) is 7.05 Å². The molecule has 2 unspecified atom stereocenters. The van der Waals surface area contributed by atoms with Gasteiger partial charge in [0.2, 0.25) is 5.82 Å². The number of primary amides is 1. The minimum absolute atomic E-state index is 0.0428.